The van der Waals surface area contributed by atoms with Crippen LogP contribution in [0.15, 0.2) is 76.2 Å². The zero-order chi connectivity index (χ0) is 21.5. The van der Waals surface area contributed by atoms with Gasteiger partial charge in [0.15, 0.2) is 12.4 Å². The van der Waals surface area contributed by atoms with E-state index in [-0.39, 0.29) is 24.2 Å². The van der Waals surface area contributed by atoms with Gasteiger partial charge >= 0.3 is 0 Å². The van der Waals surface area contributed by atoms with Crippen LogP contribution in [0.5, 0.6) is 5.75 Å². The minimum absolute atomic E-state index is 0.131. The Morgan fingerprint density at radius 2 is 1.77 bits per heavy atom. The third-order valence-corrected chi connectivity index (χ3v) is 6.30. The van der Waals surface area contributed by atoms with E-state index in [1.165, 1.54) is 36.8 Å². The summed E-state index contributed by atoms with van der Waals surface area (Å²) in [5.41, 5.74) is 1.29. The summed E-state index contributed by atoms with van der Waals surface area (Å²) in [5.74, 6) is 0.102. The van der Waals surface area contributed by atoms with Crippen molar-refractivity contribution in [3.8, 4) is 5.75 Å². The van der Waals surface area contributed by atoms with Crippen LogP contribution in [0.2, 0.25) is 0 Å². The number of amides is 2. The van der Waals surface area contributed by atoms with Gasteiger partial charge in [-0.25, -0.2) is 0 Å². The molecule has 1 fully saturated rings. The molecule has 1 aliphatic carbocycles. The second kappa shape index (κ2) is 10.2. The van der Waals surface area contributed by atoms with Gasteiger partial charge in [0, 0.05) is 27.6 Å². The van der Waals surface area contributed by atoms with Gasteiger partial charge in [0.25, 0.3) is 11.8 Å². The second-order valence-corrected chi connectivity index (χ2v) is 8.72. The summed E-state index contributed by atoms with van der Waals surface area (Å²) in [6, 6.07) is 18.0. The molecule has 0 radical (unpaired) electrons. The van der Waals surface area contributed by atoms with Crippen LogP contribution in [-0.2, 0) is 4.79 Å². The summed E-state index contributed by atoms with van der Waals surface area (Å²) in [6.45, 7) is -0.131. The molecule has 1 heterocycles. The van der Waals surface area contributed by atoms with E-state index in [1.54, 1.807) is 36.4 Å². The molecule has 0 atom stereocenters. The van der Waals surface area contributed by atoms with Crippen molar-refractivity contribution in [2.75, 3.05) is 17.2 Å². The Labute approximate surface area is 185 Å². The molecule has 0 unspecified atom stereocenters. The van der Waals surface area contributed by atoms with Crippen LogP contribution in [0.1, 0.15) is 36.2 Å². The molecule has 0 bridgehead atoms. The molecule has 6 nitrogen and oxygen atoms in total. The quantitative estimate of drug-likeness (QED) is 0.481. The van der Waals surface area contributed by atoms with Gasteiger partial charge in [-0.2, -0.15) is 0 Å². The number of benzene rings is 2. The topological polar surface area (TPSA) is 80.6 Å². The van der Waals surface area contributed by atoms with Crippen LogP contribution < -0.4 is 15.4 Å². The van der Waals surface area contributed by atoms with Gasteiger partial charge in [-0.05, 0) is 61.4 Å². The van der Waals surface area contributed by atoms with Crippen LogP contribution in [0.25, 0.3) is 0 Å². The number of nitrogens with one attached hydrogen (secondary N) is 2. The van der Waals surface area contributed by atoms with Gasteiger partial charge in [-0.15, -0.1) is 11.8 Å². The van der Waals surface area contributed by atoms with Crippen molar-refractivity contribution >= 4 is 35.0 Å². The highest BCUT2D eigenvalue weighted by atomic mass is 32.2. The summed E-state index contributed by atoms with van der Waals surface area (Å²) in [5, 5.41) is 6.29. The van der Waals surface area contributed by atoms with Gasteiger partial charge in [0.05, 0.1) is 6.26 Å². The molecule has 31 heavy (non-hydrogen) atoms. The maximum absolute atomic E-state index is 12.2. The number of ether oxygens (including phenoxy) is 1. The molecule has 2 N–H and O–H groups in total. The first-order valence-corrected chi connectivity index (χ1v) is 11.2. The number of carbonyl (C=O) groups excluding carboxylic acids is 2. The standard InChI is InChI=1S/C24H24N2O4S/c27-23(25-17-10-12-21(13-11-17)31-20-7-1-2-8-20)16-30-19-6-3-5-18(15-19)26-24(28)22-9-4-14-29-22/h3-6,9-15,20H,1-2,7-8,16H2,(H,25,27)(H,26,28). The minimum Gasteiger partial charge on any atom is -0.484 e. The molecule has 2 amide bonds. The average molecular weight is 437 g/mol. The highest BCUT2D eigenvalue weighted by Gasteiger charge is 2.16. The second-order valence-electron chi connectivity index (χ2n) is 7.34. The van der Waals surface area contributed by atoms with Crippen molar-refractivity contribution in [1.82, 2.24) is 0 Å². The zero-order valence-electron chi connectivity index (χ0n) is 17.0. The minimum atomic E-state index is -0.352. The number of carbonyl (C=O) groups is 2. The van der Waals surface area contributed by atoms with E-state index in [9.17, 15) is 9.59 Å². The van der Waals surface area contributed by atoms with E-state index in [0.29, 0.717) is 16.7 Å². The smallest absolute Gasteiger partial charge is 0.291 e. The summed E-state index contributed by atoms with van der Waals surface area (Å²) in [7, 11) is 0. The van der Waals surface area contributed by atoms with Crippen molar-refractivity contribution in [3.05, 3.63) is 72.7 Å². The highest BCUT2D eigenvalue weighted by Crippen LogP contribution is 2.34. The summed E-state index contributed by atoms with van der Waals surface area (Å²) < 4.78 is 10.7. The number of furan rings is 1. The molecule has 0 saturated heterocycles. The Morgan fingerprint density at radius 3 is 2.52 bits per heavy atom. The van der Waals surface area contributed by atoms with E-state index in [1.807, 2.05) is 36.0 Å². The largest absolute Gasteiger partial charge is 0.484 e. The molecular weight excluding hydrogens is 412 g/mol. The SMILES string of the molecule is O=C(COc1cccc(NC(=O)c2ccco2)c1)Nc1ccc(SC2CCCC2)cc1. The molecule has 2 aromatic carbocycles. The van der Waals surface area contributed by atoms with E-state index < -0.39 is 0 Å². The third kappa shape index (κ3) is 6.15. The number of thioether (sulfide) groups is 1. The lowest BCUT2D eigenvalue weighted by atomic mass is 10.3. The lowest BCUT2D eigenvalue weighted by Crippen LogP contribution is -2.20. The molecular formula is C24H24N2O4S. The Balaban J connectivity index is 1.25. The Kier molecular flexibility index (Phi) is 6.94. The van der Waals surface area contributed by atoms with Gasteiger partial charge in [-0.1, -0.05) is 18.9 Å². The van der Waals surface area contributed by atoms with Crippen molar-refractivity contribution in [2.45, 2.75) is 35.8 Å². The van der Waals surface area contributed by atoms with Crippen LogP contribution in [0, 0.1) is 0 Å². The van der Waals surface area contributed by atoms with E-state index in [0.717, 1.165) is 5.69 Å². The molecule has 160 valence electrons. The molecule has 7 heteroatoms. The van der Waals surface area contributed by atoms with Crippen molar-refractivity contribution in [2.24, 2.45) is 0 Å². The molecule has 1 aromatic heterocycles. The fourth-order valence-corrected chi connectivity index (χ4v) is 4.67. The third-order valence-electron chi connectivity index (χ3n) is 4.95. The summed E-state index contributed by atoms with van der Waals surface area (Å²) >= 11 is 1.92. The van der Waals surface area contributed by atoms with Crippen molar-refractivity contribution < 1.29 is 18.7 Å². The Morgan fingerprint density at radius 1 is 0.968 bits per heavy atom. The van der Waals surface area contributed by atoms with E-state index in [2.05, 4.69) is 10.6 Å². The summed E-state index contributed by atoms with van der Waals surface area (Å²) in [6.07, 6.45) is 6.66. The maximum atomic E-state index is 12.2. The van der Waals surface area contributed by atoms with Crippen LogP contribution >= 0.6 is 11.8 Å². The highest BCUT2D eigenvalue weighted by molar-refractivity contribution is 8.00. The monoisotopic (exact) mass is 436 g/mol. The number of hydrogen-bond donors (Lipinski definition) is 2. The number of hydrogen-bond acceptors (Lipinski definition) is 5. The zero-order valence-corrected chi connectivity index (χ0v) is 17.8. The number of anilines is 2. The van der Waals surface area contributed by atoms with E-state index in [4.69, 9.17) is 9.15 Å². The molecule has 3 aromatic rings. The molecule has 1 saturated carbocycles. The molecule has 4 rings (SSSR count). The molecule has 1 aliphatic rings. The first-order valence-electron chi connectivity index (χ1n) is 10.3. The van der Waals surface area contributed by atoms with Crippen LogP contribution in [-0.4, -0.2) is 23.7 Å². The molecule has 0 aliphatic heterocycles. The van der Waals surface area contributed by atoms with Crippen LogP contribution in [0.4, 0.5) is 11.4 Å². The Hall–Kier alpha value is -3.19. The van der Waals surface area contributed by atoms with E-state index >= 15 is 0 Å². The average Bonchev–Trinajstić information content (AvgIpc) is 3.48. The van der Waals surface area contributed by atoms with Gasteiger partial charge in [0.1, 0.15) is 5.75 Å². The lowest BCUT2D eigenvalue weighted by Gasteiger charge is -2.11. The fourth-order valence-electron chi connectivity index (χ4n) is 3.43. The predicted molar refractivity (Wildman–Crippen MR) is 122 cm³/mol. The van der Waals surface area contributed by atoms with Crippen molar-refractivity contribution in [1.29, 1.82) is 0 Å². The number of rotatable bonds is 8. The first-order chi connectivity index (χ1) is 15.2. The first kappa shape index (κ1) is 21.1. The fraction of sp³-hybridized carbons (Fsp3) is 0.250. The van der Waals surface area contributed by atoms with Gasteiger partial charge < -0.3 is 19.8 Å². The lowest BCUT2D eigenvalue weighted by molar-refractivity contribution is -0.118. The normalized spacial score (nSPS) is 13.7. The van der Waals surface area contributed by atoms with Crippen LogP contribution in [0.3, 0.4) is 0 Å². The maximum Gasteiger partial charge on any atom is 0.291 e. The van der Waals surface area contributed by atoms with Gasteiger partial charge in [-0.3, -0.25) is 9.59 Å². The van der Waals surface area contributed by atoms with Crippen molar-refractivity contribution in [3.63, 3.8) is 0 Å². The molecule has 0 spiro atoms. The van der Waals surface area contributed by atoms with Gasteiger partial charge in [0.2, 0.25) is 0 Å². The predicted octanol–water partition coefficient (Wildman–Crippen LogP) is 5.58. The summed E-state index contributed by atoms with van der Waals surface area (Å²) in [4.78, 5) is 25.5. The Bertz CT molecular complexity index is 1010.